The van der Waals surface area contributed by atoms with Crippen LogP contribution in [-0.4, -0.2) is 24.0 Å². The van der Waals surface area contributed by atoms with Crippen LogP contribution in [0.2, 0.25) is 10.0 Å². The van der Waals surface area contributed by atoms with Crippen molar-refractivity contribution >= 4 is 40.7 Å². The number of methoxy groups -OCH3 is 1. The molecule has 36 heavy (non-hydrogen) atoms. The molecule has 5 nitrogen and oxygen atoms in total. The van der Waals surface area contributed by atoms with Crippen molar-refractivity contribution in [3.05, 3.63) is 112 Å². The summed E-state index contributed by atoms with van der Waals surface area (Å²) < 4.78 is 5.37. The molecular formula is C29H23Cl2NO4. The normalized spacial score (nSPS) is 23.3. The van der Waals surface area contributed by atoms with Gasteiger partial charge in [0.05, 0.1) is 29.2 Å². The standard InChI is InChI=1S/C29H23Cl2NO4/c1-3-17-12-13-22-27(34)32(21-11-7-10-20(30)16-21)28(35)29(22,19-8-5-4-6-9-19)25(17)18-14-23(31)26(33)24(15-18)36-2/h3-12,14-16,22,25,33H,1,13H2,2H3/t22-,25+,29+/m0/s1. The highest BCUT2D eigenvalue weighted by Gasteiger charge is 2.65. The molecule has 0 bridgehead atoms. The molecule has 5 rings (SSSR count). The first-order valence-electron chi connectivity index (χ1n) is 11.4. The minimum atomic E-state index is -1.29. The molecule has 1 N–H and O–H groups in total. The highest BCUT2D eigenvalue weighted by atomic mass is 35.5. The van der Waals surface area contributed by atoms with Crippen molar-refractivity contribution in [3.8, 4) is 11.5 Å². The molecule has 0 spiro atoms. The Balaban J connectivity index is 1.83. The zero-order valence-electron chi connectivity index (χ0n) is 19.4. The number of carbonyl (C=O) groups excluding carboxylic acids is 2. The number of nitrogens with zero attached hydrogens (tertiary/aromatic N) is 1. The lowest BCUT2D eigenvalue weighted by atomic mass is 9.56. The van der Waals surface area contributed by atoms with Crippen molar-refractivity contribution in [3.63, 3.8) is 0 Å². The first-order chi connectivity index (χ1) is 17.3. The maximum atomic E-state index is 14.6. The number of fused-ring (bicyclic) bond motifs is 1. The smallest absolute Gasteiger partial charge is 0.246 e. The van der Waals surface area contributed by atoms with Crippen LogP contribution >= 0.6 is 23.2 Å². The summed E-state index contributed by atoms with van der Waals surface area (Å²) in [5.74, 6) is -1.97. The number of amides is 2. The maximum Gasteiger partial charge on any atom is 0.246 e. The van der Waals surface area contributed by atoms with E-state index in [4.69, 9.17) is 27.9 Å². The number of hydrogen-bond donors (Lipinski definition) is 1. The molecule has 1 aliphatic heterocycles. The van der Waals surface area contributed by atoms with E-state index in [9.17, 15) is 14.7 Å². The van der Waals surface area contributed by atoms with Crippen molar-refractivity contribution < 1.29 is 19.4 Å². The number of ether oxygens (including phenoxy) is 1. The first kappa shape index (κ1) is 24.2. The fourth-order valence-electron chi connectivity index (χ4n) is 5.67. The number of benzene rings is 3. The Kier molecular flexibility index (Phi) is 6.15. The van der Waals surface area contributed by atoms with Crippen molar-refractivity contribution in [2.45, 2.75) is 17.8 Å². The van der Waals surface area contributed by atoms with Gasteiger partial charge in [-0.3, -0.25) is 9.59 Å². The topological polar surface area (TPSA) is 66.8 Å². The molecule has 2 amide bonds. The van der Waals surface area contributed by atoms with Crippen molar-refractivity contribution in [2.24, 2.45) is 5.92 Å². The molecule has 3 aromatic rings. The molecule has 1 fully saturated rings. The van der Waals surface area contributed by atoms with Gasteiger partial charge in [0.25, 0.3) is 0 Å². The number of halogens is 2. The van der Waals surface area contributed by atoms with Crippen molar-refractivity contribution in [1.29, 1.82) is 0 Å². The highest BCUT2D eigenvalue weighted by Crippen LogP contribution is 2.59. The van der Waals surface area contributed by atoms with Gasteiger partial charge in [-0.2, -0.15) is 0 Å². The summed E-state index contributed by atoms with van der Waals surface area (Å²) in [6, 6.07) is 19.3. The highest BCUT2D eigenvalue weighted by molar-refractivity contribution is 6.33. The quantitative estimate of drug-likeness (QED) is 0.394. The van der Waals surface area contributed by atoms with Crippen LogP contribution in [0.5, 0.6) is 11.5 Å². The lowest BCUT2D eigenvalue weighted by Gasteiger charge is -2.43. The van der Waals surface area contributed by atoms with E-state index in [1.54, 1.807) is 42.5 Å². The summed E-state index contributed by atoms with van der Waals surface area (Å²) in [7, 11) is 1.43. The third-order valence-corrected chi connectivity index (χ3v) is 7.68. The van der Waals surface area contributed by atoms with Crippen LogP contribution in [0.1, 0.15) is 23.5 Å². The minimum Gasteiger partial charge on any atom is -0.503 e. The molecule has 1 aliphatic carbocycles. The molecule has 0 radical (unpaired) electrons. The Morgan fingerprint density at radius 3 is 2.50 bits per heavy atom. The van der Waals surface area contributed by atoms with E-state index in [0.29, 0.717) is 28.3 Å². The zero-order chi connectivity index (χ0) is 25.6. The van der Waals surface area contributed by atoms with Gasteiger partial charge >= 0.3 is 0 Å². The fraction of sp³-hybridized carbons (Fsp3) is 0.172. The summed E-state index contributed by atoms with van der Waals surface area (Å²) in [5.41, 5.74) is 1.25. The first-order valence-corrected chi connectivity index (χ1v) is 12.2. The molecule has 7 heteroatoms. The Morgan fingerprint density at radius 2 is 1.83 bits per heavy atom. The Morgan fingerprint density at radius 1 is 1.08 bits per heavy atom. The SMILES string of the molecule is C=CC1=CC[C@H]2C(=O)N(c3cccc(Cl)c3)C(=O)[C@@]2(c2ccccc2)[C@H]1c1cc(Cl)c(O)c(OC)c1. The number of anilines is 1. The summed E-state index contributed by atoms with van der Waals surface area (Å²) in [6.07, 6.45) is 4.01. The zero-order valence-corrected chi connectivity index (χ0v) is 21.0. The average Bonchev–Trinajstić information content (AvgIpc) is 3.12. The van der Waals surface area contributed by atoms with E-state index >= 15 is 0 Å². The number of phenols is 1. The second-order valence-corrected chi connectivity index (χ2v) is 9.72. The summed E-state index contributed by atoms with van der Waals surface area (Å²) in [4.78, 5) is 29.8. The second-order valence-electron chi connectivity index (χ2n) is 8.88. The lowest BCUT2D eigenvalue weighted by molar-refractivity contribution is -0.123. The number of phenolic OH excluding ortho intramolecular Hbond substituents is 1. The predicted molar refractivity (Wildman–Crippen MR) is 141 cm³/mol. The van der Waals surface area contributed by atoms with Gasteiger partial charge in [0, 0.05) is 10.9 Å². The van der Waals surface area contributed by atoms with Crippen LogP contribution in [0.4, 0.5) is 5.69 Å². The van der Waals surface area contributed by atoms with Crippen LogP contribution in [0.25, 0.3) is 0 Å². The van der Waals surface area contributed by atoms with Gasteiger partial charge in [-0.05, 0) is 53.5 Å². The van der Waals surface area contributed by atoms with E-state index in [2.05, 4.69) is 6.58 Å². The molecule has 3 aromatic carbocycles. The van der Waals surface area contributed by atoms with Gasteiger partial charge in [0.15, 0.2) is 11.5 Å². The number of aromatic hydroxyl groups is 1. The fourth-order valence-corrected chi connectivity index (χ4v) is 6.07. The summed E-state index contributed by atoms with van der Waals surface area (Å²) in [5, 5.41) is 10.9. The van der Waals surface area contributed by atoms with Gasteiger partial charge in [-0.25, -0.2) is 4.90 Å². The number of allylic oxidation sites excluding steroid dienone is 3. The molecule has 0 unspecified atom stereocenters. The molecule has 0 aromatic heterocycles. The largest absolute Gasteiger partial charge is 0.503 e. The summed E-state index contributed by atoms with van der Waals surface area (Å²) >= 11 is 12.6. The van der Waals surface area contributed by atoms with Crippen LogP contribution in [0.15, 0.2) is 91.0 Å². The third-order valence-electron chi connectivity index (χ3n) is 7.16. The van der Waals surface area contributed by atoms with Crippen LogP contribution < -0.4 is 9.64 Å². The predicted octanol–water partition coefficient (Wildman–Crippen LogP) is 6.43. The third kappa shape index (κ3) is 3.46. The van der Waals surface area contributed by atoms with Gasteiger partial charge in [0.1, 0.15) is 0 Å². The van der Waals surface area contributed by atoms with Crippen molar-refractivity contribution in [2.75, 3.05) is 12.0 Å². The maximum absolute atomic E-state index is 14.6. The number of imide groups is 1. The minimum absolute atomic E-state index is 0.0848. The lowest BCUT2D eigenvalue weighted by Crippen LogP contribution is -2.48. The van der Waals surface area contributed by atoms with Gasteiger partial charge < -0.3 is 9.84 Å². The summed E-state index contributed by atoms with van der Waals surface area (Å²) in [6.45, 7) is 4.01. The van der Waals surface area contributed by atoms with Gasteiger partial charge in [-0.15, -0.1) is 0 Å². The number of rotatable bonds is 5. The number of hydrogen-bond acceptors (Lipinski definition) is 4. The van der Waals surface area contributed by atoms with Crippen LogP contribution in [-0.2, 0) is 15.0 Å². The van der Waals surface area contributed by atoms with E-state index < -0.39 is 17.3 Å². The Labute approximate surface area is 219 Å². The Bertz CT molecular complexity index is 1420. The molecule has 2 aliphatic rings. The Hall–Kier alpha value is -3.54. The van der Waals surface area contributed by atoms with E-state index in [1.165, 1.54) is 12.0 Å². The molecular weight excluding hydrogens is 497 g/mol. The number of carbonyl (C=O) groups is 2. The molecule has 1 saturated heterocycles. The van der Waals surface area contributed by atoms with E-state index in [1.807, 2.05) is 36.4 Å². The average molecular weight is 520 g/mol. The molecule has 1 heterocycles. The molecule has 3 atom stereocenters. The van der Waals surface area contributed by atoms with Crippen LogP contribution in [0.3, 0.4) is 0 Å². The van der Waals surface area contributed by atoms with E-state index in [-0.39, 0.29) is 28.3 Å². The molecule has 182 valence electrons. The van der Waals surface area contributed by atoms with Crippen LogP contribution in [0, 0.1) is 5.92 Å². The van der Waals surface area contributed by atoms with Gasteiger partial charge in [-0.1, -0.05) is 78.3 Å². The van der Waals surface area contributed by atoms with Gasteiger partial charge in [0.2, 0.25) is 11.8 Å². The molecule has 0 saturated carbocycles. The van der Waals surface area contributed by atoms with E-state index in [0.717, 1.165) is 5.57 Å². The second kappa shape index (κ2) is 9.16. The monoisotopic (exact) mass is 519 g/mol. The van der Waals surface area contributed by atoms with Crippen molar-refractivity contribution in [1.82, 2.24) is 0 Å².